The van der Waals surface area contributed by atoms with E-state index in [4.69, 9.17) is 11.6 Å². The molecule has 72 valence electrons. The van der Waals surface area contributed by atoms with Crippen molar-refractivity contribution < 1.29 is 0 Å². The smallest absolute Gasteiger partial charge is 0.133 e. The fourth-order valence-electron chi connectivity index (χ4n) is 1.54. The second-order valence-electron chi connectivity index (χ2n) is 4.48. The zero-order chi connectivity index (χ0) is 10.2. The summed E-state index contributed by atoms with van der Waals surface area (Å²) in [6.07, 6.45) is 1.83. The quantitative estimate of drug-likeness (QED) is 0.579. The Morgan fingerprint density at radius 2 is 1.77 bits per heavy atom. The molecule has 0 amide bonds. The van der Waals surface area contributed by atoms with Gasteiger partial charge in [0.15, 0.2) is 0 Å². The Labute approximate surface area is 85.1 Å². The zero-order valence-electron chi connectivity index (χ0n) is 8.90. The second-order valence-corrected chi connectivity index (χ2v) is 4.84. The van der Waals surface area contributed by atoms with Crippen LogP contribution < -0.4 is 0 Å². The largest absolute Gasteiger partial charge is 0.244 e. The fourth-order valence-corrected chi connectivity index (χ4v) is 2.01. The molecule has 1 aromatic rings. The summed E-state index contributed by atoms with van der Waals surface area (Å²) in [5, 5.41) is 0.635. The van der Waals surface area contributed by atoms with Crippen molar-refractivity contribution in [2.45, 2.75) is 40.0 Å². The maximum atomic E-state index is 6.08. The molecule has 1 aromatic heterocycles. The van der Waals surface area contributed by atoms with Crippen LogP contribution in [0.25, 0.3) is 0 Å². The summed E-state index contributed by atoms with van der Waals surface area (Å²) in [4.78, 5) is 4.17. The van der Waals surface area contributed by atoms with Crippen LogP contribution in [-0.4, -0.2) is 4.98 Å². The molecule has 0 aliphatic heterocycles. The minimum Gasteiger partial charge on any atom is -0.244 e. The SMILES string of the molecule is Cc1cnc(Cl)c(C(C)(C)C)c1C. The van der Waals surface area contributed by atoms with E-state index in [0.717, 1.165) is 5.56 Å². The highest BCUT2D eigenvalue weighted by atomic mass is 35.5. The van der Waals surface area contributed by atoms with Crippen molar-refractivity contribution in [3.8, 4) is 0 Å². The van der Waals surface area contributed by atoms with E-state index in [2.05, 4.69) is 39.6 Å². The maximum Gasteiger partial charge on any atom is 0.133 e. The molecule has 0 saturated heterocycles. The Morgan fingerprint density at radius 1 is 1.23 bits per heavy atom. The minimum absolute atomic E-state index is 0.0696. The summed E-state index contributed by atoms with van der Waals surface area (Å²) in [7, 11) is 0. The Morgan fingerprint density at radius 3 is 2.15 bits per heavy atom. The molecule has 0 aromatic carbocycles. The number of pyridine rings is 1. The standard InChI is InChI=1S/C11H16ClN/c1-7-6-13-10(12)9(8(7)2)11(3,4)5/h6H,1-5H3. The van der Waals surface area contributed by atoms with Crippen molar-refractivity contribution in [1.82, 2.24) is 4.98 Å². The van der Waals surface area contributed by atoms with Crippen LogP contribution in [0.15, 0.2) is 6.20 Å². The van der Waals surface area contributed by atoms with Crippen molar-refractivity contribution in [1.29, 1.82) is 0 Å². The molecule has 1 nitrogen and oxygen atoms in total. The van der Waals surface area contributed by atoms with E-state index in [0.29, 0.717) is 5.15 Å². The molecule has 1 heterocycles. The van der Waals surface area contributed by atoms with E-state index >= 15 is 0 Å². The Bertz CT molecular complexity index is 324. The normalized spacial score (nSPS) is 11.8. The molecule has 0 aliphatic carbocycles. The molecular formula is C11H16ClN. The lowest BCUT2D eigenvalue weighted by atomic mass is 9.84. The number of nitrogens with zero attached hydrogens (tertiary/aromatic N) is 1. The van der Waals surface area contributed by atoms with Gasteiger partial charge in [0.2, 0.25) is 0 Å². The van der Waals surface area contributed by atoms with Crippen LogP contribution in [0.2, 0.25) is 5.15 Å². The van der Waals surface area contributed by atoms with Crippen LogP contribution in [0.5, 0.6) is 0 Å². The monoisotopic (exact) mass is 197 g/mol. The highest BCUT2D eigenvalue weighted by Crippen LogP contribution is 2.31. The third kappa shape index (κ3) is 2.02. The molecule has 1 rings (SSSR count). The van der Waals surface area contributed by atoms with E-state index in [-0.39, 0.29) is 5.41 Å². The van der Waals surface area contributed by atoms with Crippen LogP contribution >= 0.6 is 11.6 Å². The lowest BCUT2D eigenvalue weighted by molar-refractivity contribution is 0.582. The Kier molecular flexibility index (Phi) is 2.67. The van der Waals surface area contributed by atoms with Gasteiger partial charge in [-0.1, -0.05) is 32.4 Å². The van der Waals surface area contributed by atoms with Gasteiger partial charge in [0.05, 0.1) is 0 Å². The molecule has 0 spiro atoms. The lowest BCUT2D eigenvalue weighted by Gasteiger charge is -2.23. The average molecular weight is 198 g/mol. The molecule has 0 saturated carbocycles. The molecule has 2 heteroatoms. The van der Waals surface area contributed by atoms with Crippen LogP contribution in [0.4, 0.5) is 0 Å². The third-order valence-corrected chi connectivity index (χ3v) is 2.58. The van der Waals surface area contributed by atoms with E-state index in [1.54, 1.807) is 0 Å². The summed E-state index contributed by atoms with van der Waals surface area (Å²) >= 11 is 6.08. The molecule has 0 fully saturated rings. The van der Waals surface area contributed by atoms with E-state index in [1.165, 1.54) is 11.1 Å². The summed E-state index contributed by atoms with van der Waals surface area (Å²) in [5.41, 5.74) is 3.69. The number of hydrogen-bond acceptors (Lipinski definition) is 1. The molecule has 0 unspecified atom stereocenters. The first kappa shape index (κ1) is 10.5. The molecule has 0 bridgehead atoms. The topological polar surface area (TPSA) is 12.9 Å². The molecule has 0 aliphatic rings. The van der Waals surface area contributed by atoms with E-state index in [9.17, 15) is 0 Å². The van der Waals surface area contributed by atoms with Crippen LogP contribution in [-0.2, 0) is 5.41 Å². The van der Waals surface area contributed by atoms with Gasteiger partial charge in [-0.15, -0.1) is 0 Å². The number of hydrogen-bond donors (Lipinski definition) is 0. The number of rotatable bonds is 0. The van der Waals surface area contributed by atoms with Crippen LogP contribution in [0, 0.1) is 13.8 Å². The first-order valence-corrected chi connectivity index (χ1v) is 4.84. The van der Waals surface area contributed by atoms with Crippen LogP contribution in [0.1, 0.15) is 37.5 Å². The van der Waals surface area contributed by atoms with Crippen molar-refractivity contribution in [3.63, 3.8) is 0 Å². The van der Waals surface area contributed by atoms with Gasteiger partial charge in [-0.25, -0.2) is 4.98 Å². The fraction of sp³-hybridized carbons (Fsp3) is 0.545. The average Bonchev–Trinajstić information content (AvgIpc) is 1.95. The summed E-state index contributed by atoms with van der Waals surface area (Å²) < 4.78 is 0. The Balaban J connectivity index is 3.43. The van der Waals surface area contributed by atoms with Gasteiger partial charge in [-0.2, -0.15) is 0 Å². The van der Waals surface area contributed by atoms with Gasteiger partial charge in [0, 0.05) is 6.20 Å². The van der Waals surface area contributed by atoms with Gasteiger partial charge in [0.1, 0.15) is 5.15 Å². The minimum atomic E-state index is 0.0696. The predicted molar refractivity (Wildman–Crippen MR) is 57.4 cm³/mol. The van der Waals surface area contributed by atoms with Gasteiger partial charge in [-0.05, 0) is 36.0 Å². The zero-order valence-corrected chi connectivity index (χ0v) is 9.66. The summed E-state index contributed by atoms with van der Waals surface area (Å²) in [5.74, 6) is 0. The summed E-state index contributed by atoms with van der Waals surface area (Å²) in [6, 6.07) is 0. The van der Waals surface area contributed by atoms with Crippen molar-refractivity contribution in [2.24, 2.45) is 0 Å². The molecule has 0 radical (unpaired) electrons. The number of halogens is 1. The number of aryl methyl sites for hydroxylation is 1. The number of aromatic nitrogens is 1. The highest BCUT2D eigenvalue weighted by molar-refractivity contribution is 6.30. The van der Waals surface area contributed by atoms with Crippen LogP contribution in [0.3, 0.4) is 0 Å². The van der Waals surface area contributed by atoms with Crippen molar-refractivity contribution >= 4 is 11.6 Å². The molecule has 13 heavy (non-hydrogen) atoms. The second kappa shape index (κ2) is 3.30. The van der Waals surface area contributed by atoms with Gasteiger partial charge in [0.25, 0.3) is 0 Å². The maximum absolute atomic E-state index is 6.08. The van der Waals surface area contributed by atoms with Crippen molar-refractivity contribution in [3.05, 3.63) is 28.0 Å². The van der Waals surface area contributed by atoms with Crippen molar-refractivity contribution in [2.75, 3.05) is 0 Å². The predicted octanol–water partition coefficient (Wildman–Crippen LogP) is 3.65. The Hall–Kier alpha value is -0.560. The third-order valence-electron chi connectivity index (χ3n) is 2.29. The lowest BCUT2D eigenvalue weighted by Crippen LogP contribution is -2.15. The first-order chi connectivity index (χ1) is 5.84. The van der Waals surface area contributed by atoms with Gasteiger partial charge >= 0.3 is 0 Å². The molecule has 0 N–H and O–H groups in total. The first-order valence-electron chi connectivity index (χ1n) is 4.46. The molecular weight excluding hydrogens is 182 g/mol. The van der Waals surface area contributed by atoms with E-state index < -0.39 is 0 Å². The highest BCUT2D eigenvalue weighted by Gasteiger charge is 2.21. The van der Waals surface area contributed by atoms with E-state index in [1.807, 2.05) is 6.20 Å². The van der Waals surface area contributed by atoms with Gasteiger partial charge < -0.3 is 0 Å². The van der Waals surface area contributed by atoms with Gasteiger partial charge in [-0.3, -0.25) is 0 Å². The summed E-state index contributed by atoms with van der Waals surface area (Å²) in [6.45, 7) is 10.6. The molecule has 0 atom stereocenters.